The van der Waals surface area contributed by atoms with Crippen LogP contribution < -0.4 is 5.32 Å². The zero-order valence-electron chi connectivity index (χ0n) is 15.7. The number of rotatable bonds is 8. The van der Waals surface area contributed by atoms with Gasteiger partial charge in [0.2, 0.25) is 11.8 Å². The van der Waals surface area contributed by atoms with Crippen molar-refractivity contribution in [2.45, 2.75) is 38.3 Å². The molecule has 0 aliphatic carbocycles. The quantitative estimate of drug-likeness (QED) is 0.747. The van der Waals surface area contributed by atoms with E-state index in [1.54, 1.807) is 11.0 Å². The lowest BCUT2D eigenvalue weighted by Crippen LogP contribution is -2.44. The van der Waals surface area contributed by atoms with Crippen LogP contribution in [0.15, 0.2) is 24.3 Å². The highest BCUT2D eigenvalue weighted by atomic mass is 19.1. The first kappa shape index (κ1) is 19.8. The van der Waals surface area contributed by atoms with Crippen LogP contribution in [0.3, 0.4) is 0 Å². The van der Waals surface area contributed by atoms with Gasteiger partial charge in [0.1, 0.15) is 5.82 Å². The molecule has 0 aromatic heterocycles. The van der Waals surface area contributed by atoms with Gasteiger partial charge < -0.3 is 15.0 Å². The van der Waals surface area contributed by atoms with Gasteiger partial charge in [0.25, 0.3) is 0 Å². The molecule has 0 spiro atoms. The van der Waals surface area contributed by atoms with Crippen molar-refractivity contribution < 1.29 is 18.7 Å². The zero-order chi connectivity index (χ0) is 19.1. The van der Waals surface area contributed by atoms with Crippen LogP contribution in [0.1, 0.15) is 31.2 Å². The van der Waals surface area contributed by atoms with Crippen LogP contribution in [0.4, 0.5) is 4.39 Å². The standard InChI is InChI=1S/C20H28FN3O3/c21-17-6-3-5-16(11-17)13-23(14-18-7-4-10-27-18)15-19(25)22-12-20(26)24-8-1-2-9-24/h3,5-6,11,18H,1-2,4,7-10,12-15H2,(H,22,25). The molecule has 1 N–H and O–H groups in total. The van der Waals surface area contributed by atoms with Crippen LogP contribution >= 0.6 is 0 Å². The predicted molar refractivity (Wildman–Crippen MR) is 99.5 cm³/mol. The summed E-state index contributed by atoms with van der Waals surface area (Å²) in [5.74, 6) is -0.515. The van der Waals surface area contributed by atoms with Gasteiger partial charge in [-0.15, -0.1) is 0 Å². The van der Waals surface area contributed by atoms with E-state index in [1.165, 1.54) is 12.1 Å². The lowest BCUT2D eigenvalue weighted by Gasteiger charge is -2.25. The minimum atomic E-state index is -0.287. The van der Waals surface area contributed by atoms with E-state index >= 15 is 0 Å². The second-order valence-electron chi connectivity index (χ2n) is 7.30. The fourth-order valence-electron chi connectivity index (χ4n) is 3.67. The van der Waals surface area contributed by atoms with Crippen molar-refractivity contribution in [1.82, 2.24) is 15.1 Å². The van der Waals surface area contributed by atoms with Gasteiger partial charge in [-0.3, -0.25) is 14.5 Å². The van der Waals surface area contributed by atoms with E-state index < -0.39 is 0 Å². The summed E-state index contributed by atoms with van der Waals surface area (Å²) in [4.78, 5) is 28.2. The van der Waals surface area contributed by atoms with Crippen LogP contribution in [0, 0.1) is 5.82 Å². The van der Waals surface area contributed by atoms with E-state index in [2.05, 4.69) is 5.32 Å². The van der Waals surface area contributed by atoms with E-state index in [0.29, 0.717) is 13.1 Å². The third-order valence-corrected chi connectivity index (χ3v) is 5.04. The molecule has 2 heterocycles. The Morgan fingerprint density at radius 1 is 1.26 bits per heavy atom. The van der Waals surface area contributed by atoms with Gasteiger partial charge in [-0.05, 0) is 43.4 Å². The maximum atomic E-state index is 13.5. The monoisotopic (exact) mass is 377 g/mol. The van der Waals surface area contributed by atoms with Crippen LogP contribution in [-0.4, -0.2) is 67.0 Å². The molecule has 0 saturated carbocycles. The molecule has 2 aliphatic heterocycles. The summed E-state index contributed by atoms with van der Waals surface area (Å²) in [6.45, 7) is 3.57. The van der Waals surface area contributed by atoms with E-state index in [1.807, 2.05) is 11.0 Å². The molecule has 1 atom stereocenters. The molecule has 2 saturated heterocycles. The number of hydrogen-bond acceptors (Lipinski definition) is 4. The van der Waals surface area contributed by atoms with Crippen molar-refractivity contribution in [3.05, 3.63) is 35.6 Å². The van der Waals surface area contributed by atoms with E-state index in [4.69, 9.17) is 4.74 Å². The average molecular weight is 377 g/mol. The Labute approximate surface area is 159 Å². The van der Waals surface area contributed by atoms with Crippen LogP contribution in [0.2, 0.25) is 0 Å². The lowest BCUT2D eigenvalue weighted by atomic mass is 10.1. The number of amides is 2. The van der Waals surface area contributed by atoms with Gasteiger partial charge in [0, 0.05) is 32.8 Å². The Hall–Kier alpha value is -1.99. The fraction of sp³-hybridized carbons (Fsp3) is 0.600. The summed E-state index contributed by atoms with van der Waals surface area (Å²) in [5.41, 5.74) is 0.814. The van der Waals surface area contributed by atoms with Gasteiger partial charge in [-0.1, -0.05) is 12.1 Å². The van der Waals surface area contributed by atoms with E-state index in [9.17, 15) is 14.0 Å². The third-order valence-electron chi connectivity index (χ3n) is 5.04. The number of carbonyl (C=O) groups is 2. The average Bonchev–Trinajstić information content (AvgIpc) is 3.33. The molecule has 0 bridgehead atoms. The van der Waals surface area contributed by atoms with Crippen molar-refractivity contribution >= 4 is 11.8 Å². The Kier molecular flexibility index (Phi) is 7.18. The maximum Gasteiger partial charge on any atom is 0.241 e. The molecule has 7 heteroatoms. The van der Waals surface area contributed by atoms with Crippen molar-refractivity contribution in [2.75, 3.05) is 39.3 Å². The molecule has 6 nitrogen and oxygen atoms in total. The maximum absolute atomic E-state index is 13.5. The number of carbonyl (C=O) groups excluding carboxylic acids is 2. The highest BCUT2D eigenvalue weighted by Gasteiger charge is 2.22. The van der Waals surface area contributed by atoms with Gasteiger partial charge in [0.05, 0.1) is 19.2 Å². The third kappa shape index (κ3) is 6.29. The predicted octanol–water partition coefficient (Wildman–Crippen LogP) is 1.55. The largest absolute Gasteiger partial charge is 0.377 e. The molecule has 2 aliphatic rings. The summed E-state index contributed by atoms with van der Waals surface area (Å²) in [7, 11) is 0. The van der Waals surface area contributed by atoms with Gasteiger partial charge in [-0.25, -0.2) is 4.39 Å². The lowest BCUT2D eigenvalue weighted by molar-refractivity contribution is -0.132. The fourth-order valence-corrected chi connectivity index (χ4v) is 3.67. The Morgan fingerprint density at radius 3 is 2.78 bits per heavy atom. The molecular formula is C20H28FN3O3. The smallest absolute Gasteiger partial charge is 0.241 e. The number of hydrogen-bond donors (Lipinski definition) is 1. The molecule has 3 rings (SSSR count). The first-order valence-corrected chi connectivity index (χ1v) is 9.73. The summed E-state index contributed by atoms with van der Waals surface area (Å²) < 4.78 is 19.2. The number of halogens is 1. The molecule has 2 fully saturated rings. The summed E-state index contributed by atoms with van der Waals surface area (Å²) in [6, 6.07) is 6.41. The topological polar surface area (TPSA) is 61.9 Å². The van der Waals surface area contributed by atoms with Gasteiger partial charge in [0.15, 0.2) is 0 Å². The van der Waals surface area contributed by atoms with Crippen LogP contribution in [0.25, 0.3) is 0 Å². The summed E-state index contributed by atoms with van der Waals surface area (Å²) in [6.07, 6.45) is 4.15. The Balaban J connectivity index is 1.52. The number of nitrogens with zero attached hydrogens (tertiary/aromatic N) is 2. The highest BCUT2D eigenvalue weighted by molar-refractivity contribution is 5.85. The number of ether oxygens (including phenoxy) is 1. The van der Waals surface area contributed by atoms with Crippen molar-refractivity contribution in [1.29, 1.82) is 0 Å². The number of benzene rings is 1. The zero-order valence-corrected chi connectivity index (χ0v) is 15.7. The summed E-state index contributed by atoms with van der Waals surface area (Å²) >= 11 is 0. The second kappa shape index (κ2) is 9.80. The molecule has 2 amide bonds. The van der Waals surface area contributed by atoms with Gasteiger partial charge in [-0.2, -0.15) is 0 Å². The molecule has 27 heavy (non-hydrogen) atoms. The normalized spacial score (nSPS) is 19.6. The molecule has 1 aromatic rings. The van der Waals surface area contributed by atoms with E-state index in [-0.39, 0.29) is 36.8 Å². The Bertz CT molecular complexity index is 643. The SMILES string of the molecule is O=C(CN(Cc1cccc(F)c1)CC1CCCO1)NCC(=O)N1CCCC1. The summed E-state index contributed by atoms with van der Waals surface area (Å²) in [5, 5.41) is 2.73. The number of likely N-dealkylation sites (tertiary alicyclic amines) is 1. The molecule has 0 radical (unpaired) electrons. The molecule has 1 aromatic carbocycles. The highest BCUT2D eigenvalue weighted by Crippen LogP contribution is 2.15. The Morgan fingerprint density at radius 2 is 2.07 bits per heavy atom. The molecule has 148 valence electrons. The van der Waals surface area contributed by atoms with Crippen molar-refractivity contribution in [3.63, 3.8) is 0 Å². The van der Waals surface area contributed by atoms with Crippen LogP contribution in [-0.2, 0) is 20.9 Å². The number of nitrogens with one attached hydrogen (secondary N) is 1. The van der Waals surface area contributed by atoms with Crippen molar-refractivity contribution in [2.24, 2.45) is 0 Å². The first-order chi connectivity index (χ1) is 13.1. The van der Waals surface area contributed by atoms with Gasteiger partial charge >= 0.3 is 0 Å². The molecule has 1 unspecified atom stereocenters. The van der Waals surface area contributed by atoms with E-state index in [0.717, 1.165) is 50.9 Å². The molecular weight excluding hydrogens is 349 g/mol. The second-order valence-corrected chi connectivity index (χ2v) is 7.30. The van der Waals surface area contributed by atoms with Crippen LogP contribution in [0.5, 0.6) is 0 Å². The van der Waals surface area contributed by atoms with Crippen molar-refractivity contribution in [3.8, 4) is 0 Å². The minimum absolute atomic E-state index is 0.0309. The minimum Gasteiger partial charge on any atom is -0.377 e. The first-order valence-electron chi connectivity index (χ1n) is 9.73.